The molecular formula is C25H23Cl2N3O4S. The third kappa shape index (κ3) is 8.43. The summed E-state index contributed by atoms with van der Waals surface area (Å²) in [6, 6.07) is 21.4. The number of hydrazine groups is 1. The van der Waals surface area contributed by atoms with Crippen molar-refractivity contribution in [1.29, 1.82) is 0 Å². The second-order valence-corrected chi connectivity index (χ2v) is 8.60. The van der Waals surface area contributed by atoms with Crippen molar-refractivity contribution < 1.29 is 19.1 Å². The van der Waals surface area contributed by atoms with E-state index in [1.807, 2.05) is 30.3 Å². The number of thiocarbonyl (C=S) groups is 1. The minimum Gasteiger partial charge on any atom is -0.493 e. The van der Waals surface area contributed by atoms with Crippen molar-refractivity contribution in [2.75, 3.05) is 6.61 Å². The first kappa shape index (κ1) is 26.3. The fraction of sp³-hybridized carbons (Fsp3) is 0.160. The topological polar surface area (TPSA) is 88.7 Å². The molecule has 0 aliphatic heterocycles. The van der Waals surface area contributed by atoms with Gasteiger partial charge in [0.1, 0.15) is 11.5 Å². The van der Waals surface area contributed by atoms with Crippen molar-refractivity contribution in [3.8, 4) is 11.5 Å². The van der Waals surface area contributed by atoms with E-state index in [1.54, 1.807) is 36.4 Å². The van der Waals surface area contributed by atoms with E-state index in [-0.39, 0.29) is 10.1 Å². The van der Waals surface area contributed by atoms with Crippen LogP contribution in [0.1, 0.15) is 22.8 Å². The Bertz CT molecular complexity index is 1190. The molecule has 2 amide bonds. The molecule has 0 radical (unpaired) electrons. The van der Waals surface area contributed by atoms with Crippen molar-refractivity contribution >= 4 is 52.3 Å². The summed E-state index contributed by atoms with van der Waals surface area (Å²) >= 11 is 17.0. The number of nitrogens with one attached hydrogen (secondary N) is 3. The van der Waals surface area contributed by atoms with E-state index in [1.165, 1.54) is 13.0 Å². The molecule has 0 aliphatic rings. The summed E-state index contributed by atoms with van der Waals surface area (Å²) in [5.41, 5.74) is 6.37. The molecule has 1 unspecified atom stereocenters. The fourth-order valence-electron chi connectivity index (χ4n) is 2.90. The third-order valence-corrected chi connectivity index (χ3v) is 5.43. The lowest BCUT2D eigenvalue weighted by Gasteiger charge is -2.17. The van der Waals surface area contributed by atoms with Crippen LogP contribution in [0.5, 0.6) is 11.5 Å². The van der Waals surface area contributed by atoms with E-state index in [4.69, 9.17) is 44.9 Å². The van der Waals surface area contributed by atoms with Crippen LogP contribution in [-0.4, -0.2) is 29.6 Å². The molecule has 0 fully saturated rings. The number of carbonyl (C=O) groups is 2. The largest absolute Gasteiger partial charge is 0.493 e. The first-order chi connectivity index (χ1) is 16.8. The number of hydrogen-bond acceptors (Lipinski definition) is 5. The first-order valence-corrected chi connectivity index (χ1v) is 11.8. The maximum absolute atomic E-state index is 12.5. The lowest BCUT2D eigenvalue weighted by molar-refractivity contribution is -0.127. The van der Waals surface area contributed by atoms with Gasteiger partial charge in [0.25, 0.3) is 11.8 Å². The Kier molecular flexibility index (Phi) is 9.72. The van der Waals surface area contributed by atoms with Crippen LogP contribution >= 0.6 is 35.4 Å². The van der Waals surface area contributed by atoms with Crippen molar-refractivity contribution in [3.63, 3.8) is 0 Å². The average molecular weight is 532 g/mol. The quantitative estimate of drug-likeness (QED) is 0.288. The minimum atomic E-state index is -0.899. The van der Waals surface area contributed by atoms with Crippen LogP contribution in [0.4, 0.5) is 0 Å². The molecule has 0 bridgehead atoms. The van der Waals surface area contributed by atoms with Crippen LogP contribution in [0.3, 0.4) is 0 Å². The zero-order valence-electron chi connectivity index (χ0n) is 18.7. The molecule has 1 atom stereocenters. The Morgan fingerprint density at radius 1 is 0.971 bits per heavy atom. The highest BCUT2D eigenvalue weighted by Gasteiger charge is 2.17. The van der Waals surface area contributed by atoms with E-state index in [0.29, 0.717) is 28.7 Å². The van der Waals surface area contributed by atoms with Gasteiger partial charge in [-0.1, -0.05) is 59.6 Å². The zero-order chi connectivity index (χ0) is 25.2. The highest BCUT2D eigenvalue weighted by Crippen LogP contribution is 2.28. The van der Waals surface area contributed by atoms with Gasteiger partial charge in [0.15, 0.2) is 11.2 Å². The van der Waals surface area contributed by atoms with Crippen LogP contribution in [0.25, 0.3) is 0 Å². The summed E-state index contributed by atoms with van der Waals surface area (Å²) in [7, 11) is 0. The summed E-state index contributed by atoms with van der Waals surface area (Å²) in [5, 5.41) is 3.14. The SMILES string of the molecule is CC(Oc1ccc(Cl)cc1Cl)C(=O)NNC(=S)NC(=O)c1cccc(OCCc2ccccc2)c1. The number of ether oxygens (including phenoxy) is 2. The zero-order valence-corrected chi connectivity index (χ0v) is 21.0. The van der Waals surface area contributed by atoms with E-state index >= 15 is 0 Å². The second kappa shape index (κ2) is 12.9. The maximum atomic E-state index is 12.5. The molecule has 3 N–H and O–H groups in total. The predicted octanol–water partition coefficient (Wildman–Crippen LogP) is 4.72. The van der Waals surface area contributed by atoms with Gasteiger partial charge in [-0.2, -0.15) is 0 Å². The summed E-state index contributed by atoms with van der Waals surface area (Å²) < 4.78 is 11.3. The van der Waals surface area contributed by atoms with Gasteiger partial charge >= 0.3 is 0 Å². The van der Waals surface area contributed by atoms with E-state index in [0.717, 1.165) is 12.0 Å². The Morgan fingerprint density at radius 3 is 2.49 bits per heavy atom. The van der Waals surface area contributed by atoms with Crippen molar-refractivity contribution in [2.45, 2.75) is 19.4 Å². The van der Waals surface area contributed by atoms with Gasteiger partial charge < -0.3 is 9.47 Å². The molecule has 182 valence electrons. The molecule has 3 rings (SSSR count). The van der Waals surface area contributed by atoms with Crippen molar-refractivity contribution in [1.82, 2.24) is 16.2 Å². The normalized spacial score (nSPS) is 11.2. The van der Waals surface area contributed by atoms with Crippen molar-refractivity contribution in [3.05, 3.63) is 94.0 Å². The molecule has 10 heteroatoms. The fourth-order valence-corrected chi connectivity index (χ4v) is 3.50. The highest BCUT2D eigenvalue weighted by atomic mass is 35.5. The maximum Gasteiger partial charge on any atom is 0.279 e. The Morgan fingerprint density at radius 2 is 1.74 bits per heavy atom. The number of benzene rings is 3. The Balaban J connectivity index is 1.44. The number of hydrogen-bond donors (Lipinski definition) is 3. The number of carbonyl (C=O) groups excluding carboxylic acids is 2. The van der Waals surface area contributed by atoms with Gasteiger partial charge in [-0.3, -0.25) is 25.8 Å². The molecule has 0 heterocycles. The molecule has 0 saturated carbocycles. The van der Waals surface area contributed by atoms with Gasteiger partial charge in [0.2, 0.25) is 0 Å². The van der Waals surface area contributed by atoms with Gasteiger partial charge in [-0.05, 0) is 61.1 Å². The van der Waals surface area contributed by atoms with E-state index < -0.39 is 17.9 Å². The lowest BCUT2D eigenvalue weighted by Crippen LogP contribution is -2.51. The van der Waals surface area contributed by atoms with Crippen LogP contribution in [-0.2, 0) is 11.2 Å². The highest BCUT2D eigenvalue weighted by molar-refractivity contribution is 7.80. The summed E-state index contributed by atoms with van der Waals surface area (Å²) in [5.74, 6) is -0.114. The van der Waals surface area contributed by atoms with Gasteiger partial charge in [0, 0.05) is 17.0 Å². The van der Waals surface area contributed by atoms with Gasteiger partial charge in [-0.15, -0.1) is 0 Å². The molecule has 0 spiro atoms. The second-order valence-electron chi connectivity index (χ2n) is 7.34. The van der Waals surface area contributed by atoms with Gasteiger partial charge in [-0.25, -0.2) is 0 Å². The van der Waals surface area contributed by atoms with E-state index in [2.05, 4.69) is 16.2 Å². The number of amides is 2. The number of halogens is 2. The van der Waals surface area contributed by atoms with E-state index in [9.17, 15) is 9.59 Å². The molecule has 0 saturated heterocycles. The lowest BCUT2D eigenvalue weighted by atomic mass is 10.2. The van der Waals surface area contributed by atoms with Crippen LogP contribution in [0.15, 0.2) is 72.8 Å². The molecule has 35 heavy (non-hydrogen) atoms. The van der Waals surface area contributed by atoms with Gasteiger partial charge in [0.05, 0.1) is 11.6 Å². The molecule has 0 aliphatic carbocycles. The minimum absolute atomic E-state index is 0.0875. The molecular weight excluding hydrogens is 509 g/mol. The molecule has 7 nitrogen and oxygen atoms in total. The summed E-state index contributed by atoms with van der Waals surface area (Å²) in [6.45, 7) is 2.01. The van der Waals surface area contributed by atoms with Crippen LogP contribution in [0, 0.1) is 0 Å². The summed E-state index contributed by atoms with van der Waals surface area (Å²) in [4.78, 5) is 24.8. The molecule has 3 aromatic rings. The Labute approximate surface area is 218 Å². The first-order valence-electron chi connectivity index (χ1n) is 10.6. The van der Waals surface area contributed by atoms with Crippen LogP contribution in [0.2, 0.25) is 10.0 Å². The van der Waals surface area contributed by atoms with Crippen LogP contribution < -0.4 is 25.6 Å². The standard InChI is InChI=1S/C25H23Cl2N3O4S/c1-16(34-22-11-10-19(26)15-21(22)27)23(31)29-30-25(35)28-24(32)18-8-5-9-20(14-18)33-13-12-17-6-3-2-4-7-17/h2-11,14-16H,12-13H2,1H3,(H,29,31)(H2,28,30,32,35). The summed E-state index contributed by atoms with van der Waals surface area (Å²) in [6.07, 6.45) is -0.151. The van der Waals surface area contributed by atoms with Crippen molar-refractivity contribution in [2.24, 2.45) is 0 Å². The smallest absolute Gasteiger partial charge is 0.279 e. The number of rotatable bonds is 8. The molecule has 0 aromatic heterocycles. The average Bonchev–Trinajstić information content (AvgIpc) is 2.85. The Hall–Kier alpha value is -3.33. The monoisotopic (exact) mass is 531 g/mol. The molecule has 3 aromatic carbocycles. The third-order valence-electron chi connectivity index (χ3n) is 4.69. The predicted molar refractivity (Wildman–Crippen MR) is 140 cm³/mol.